The third-order valence-corrected chi connectivity index (χ3v) is 8.61. The second kappa shape index (κ2) is 41.3. The molecule has 278 valence electrons. The Bertz CT molecular complexity index is 794. The molecule has 4 heteroatoms. The molecule has 0 radical (unpaired) electrons. The minimum absolute atomic E-state index is 0.186. The van der Waals surface area contributed by atoms with Gasteiger partial charge in [-0.25, -0.2) is 0 Å². The Kier molecular flexibility index (Phi) is 39.6. The predicted molar refractivity (Wildman–Crippen MR) is 209 cm³/mol. The van der Waals surface area contributed by atoms with Crippen LogP contribution in [0.4, 0.5) is 0 Å². The molecule has 1 atom stereocenters. The van der Waals surface area contributed by atoms with Gasteiger partial charge in [-0.2, -0.15) is 0 Å². The van der Waals surface area contributed by atoms with Gasteiger partial charge in [0.1, 0.15) is 6.10 Å². The minimum Gasteiger partial charge on any atom is -0.457 e. The molecule has 0 aliphatic heterocycles. The van der Waals surface area contributed by atoms with Gasteiger partial charge < -0.3 is 14.6 Å². The minimum atomic E-state index is -0.551. The van der Waals surface area contributed by atoms with E-state index in [-0.39, 0.29) is 19.2 Å². The molecule has 0 fully saturated rings. The molecule has 0 heterocycles. The van der Waals surface area contributed by atoms with Crippen molar-refractivity contribution in [1.29, 1.82) is 0 Å². The molecule has 0 aliphatic carbocycles. The number of carbonyl (C=O) groups is 1. The Morgan fingerprint density at radius 1 is 0.521 bits per heavy atom. The van der Waals surface area contributed by atoms with Crippen molar-refractivity contribution >= 4 is 5.97 Å². The van der Waals surface area contributed by atoms with Crippen molar-refractivity contribution in [2.24, 2.45) is 0 Å². The van der Waals surface area contributed by atoms with Gasteiger partial charge in [0.15, 0.2) is 0 Å². The number of aliphatic hydroxyl groups excluding tert-OH is 1. The van der Waals surface area contributed by atoms with Gasteiger partial charge in [0.05, 0.1) is 13.2 Å². The lowest BCUT2D eigenvalue weighted by atomic mass is 10.0. The summed E-state index contributed by atoms with van der Waals surface area (Å²) < 4.78 is 11.1. The zero-order chi connectivity index (χ0) is 34.9. The molecular formula is C44H78O4. The fourth-order valence-electron chi connectivity index (χ4n) is 5.59. The van der Waals surface area contributed by atoms with E-state index in [0.717, 1.165) is 64.2 Å². The van der Waals surface area contributed by atoms with E-state index in [9.17, 15) is 9.90 Å². The lowest BCUT2D eigenvalue weighted by molar-refractivity contribution is -0.154. The summed E-state index contributed by atoms with van der Waals surface area (Å²) in [6.07, 6.45) is 54.1. The Balaban J connectivity index is 3.51. The van der Waals surface area contributed by atoms with E-state index in [4.69, 9.17) is 9.47 Å². The predicted octanol–water partition coefficient (Wildman–Crippen LogP) is 13.3. The van der Waals surface area contributed by atoms with Gasteiger partial charge in [0, 0.05) is 13.0 Å². The highest BCUT2D eigenvalue weighted by Crippen LogP contribution is 2.14. The van der Waals surface area contributed by atoms with Gasteiger partial charge >= 0.3 is 5.97 Å². The van der Waals surface area contributed by atoms with Gasteiger partial charge in [0.2, 0.25) is 0 Å². The molecule has 0 spiro atoms. The van der Waals surface area contributed by atoms with Crippen molar-refractivity contribution in [1.82, 2.24) is 0 Å². The van der Waals surface area contributed by atoms with E-state index in [1.807, 2.05) is 0 Å². The number of hydrogen-bond donors (Lipinski definition) is 1. The first kappa shape index (κ1) is 46.1. The van der Waals surface area contributed by atoms with Crippen LogP contribution in [0, 0.1) is 0 Å². The normalized spacial score (nSPS) is 13.0. The fraction of sp³-hybridized carbons (Fsp3) is 0.750. The van der Waals surface area contributed by atoms with Crippen LogP contribution in [0.15, 0.2) is 60.8 Å². The first-order chi connectivity index (χ1) is 23.7. The van der Waals surface area contributed by atoms with E-state index in [0.29, 0.717) is 13.0 Å². The molecule has 0 aliphatic rings. The van der Waals surface area contributed by atoms with Crippen LogP contribution in [0.25, 0.3) is 0 Å². The lowest BCUT2D eigenvalue weighted by Gasteiger charge is -2.15. The highest BCUT2D eigenvalue weighted by atomic mass is 16.6. The zero-order valence-corrected chi connectivity index (χ0v) is 31.7. The summed E-state index contributed by atoms with van der Waals surface area (Å²) in [5.41, 5.74) is 0. The summed E-state index contributed by atoms with van der Waals surface area (Å²) in [7, 11) is 0. The van der Waals surface area contributed by atoms with Gasteiger partial charge in [-0.3, -0.25) is 4.79 Å². The molecule has 0 bridgehead atoms. The number of unbranched alkanes of at least 4 members (excludes halogenated alkanes) is 19. The van der Waals surface area contributed by atoms with Crippen LogP contribution in [0.3, 0.4) is 0 Å². The molecule has 0 rings (SSSR count). The number of carbonyl (C=O) groups excluding carboxylic acids is 1. The maximum atomic E-state index is 12.2. The third kappa shape index (κ3) is 38.5. The Labute approximate surface area is 298 Å². The van der Waals surface area contributed by atoms with Crippen LogP contribution >= 0.6 is 0 Å². The first-order valence-electron chi connectivity index (χ1n) is 20.4. The fourth-order valence-corrected chi connectivity index (χ4v) is 5.59. The summed E-state index contributed by atoms with van der Waals surface area (Å²) in [4.78, 5) is 12.2. The molecule has 1 unspecified atom stereocenters. The number of rotatable bonds is 37. The van der Waals surface area contributed by atoms with Crippen molar-refractivity contribution in [3.63, 3.8) is 0 Å². The topological polar surface area (TPSA) is 55.8 Å². The van der Waals surface area contributed by atoms with Crippen LogP contribution < -0.4 is 0 Å². The molecule has 4 nitrogen and oxygen atoms in total. The largest absolute Gasteiger partial charge is 0.457 e. The molecule has 0 saturated heterocycles. The number of hydrogen-bond acceptors (Lipinski definition) is 4. The second-order valence-electron chi connectivity index (χ2n) is 13.3. The maximum Gasteiger partial charge on any atom is 0.306 e. The quantitative estimate of drug-likeness (QED) is 0.0406. The monoisotopic (exact) mass is 671 g/mol. The number of aliphatic hydroxyl groups is 1. The SMILES string of the molecule is CC/C=C\C/C=C\C/C=C\C/C=C\C/C=C\CCCCCC(=O)OC(CO)COCCCCCCCCCCCCCCCCCCC. The molecule has 0 aromatic rings. The number of esters is 1. The second-order valence-corrected chi connectivity index (χ2v) is 13.3. The van der Waals surface area contributed by atoms with Gasteiger partial charge in [-0.1, -0.05) is 184 Å². The summed E-state index contributed by atoms with van der Waals surface area (Å²) in [5.74, 6) is -0.231. The molecular weight excluding hydrogens is 592 g/mol. The van der Waals surface area contributed by atoms with Gasteiger partial charge in [-0.15, -0.1) is 0 Å². The standard InChI is InChI=1S/C44H78O4/c1-3-5-7-9-11-13-15-17-19-21-22-23-25-27-29-31-33-35-37-39-44(46)48-43(41-45)42-47-40-38-36-34-32-30-28-26-24-20-18-16-14-12-10-8-6-4-2/h5,7,11,13,17,19,22-23,27,29,43,45H,3-4,6,8-10,12,14-16,18,20-21,24-26,28,30-42H2,1-2H3/b7-5-,13-11-,19-17-,23-22-,29-27-. The van der Waals surface area contributed by atoms with Crippen molar-refractivity contribution in [3.05, 3.63) is 60.8 Å². The first-order valence-corrected chi connectivity index (χ1v) is 20.4. The van der Waals surface area contributed by atoms with Gasteiger partial charge in [-0.05, 0) is 57.8 Å². The van der Waals surface area contributed by atoms with Crippen LogP contribution in [0.1, 0.15) is 187 Å². The van der Waals surface area contributed by atoms with Crippen LogP contribution in [0.5, 0.6) is 0 Å². The summed E-state index contributed by atoms with van der Waals surface area (Å²) in [6, 6.07) is 0. The Morgan fingerprint density at radius 2 is 0.938 bits per heavy atom. The van der Waals surface area contributed by atoms with E-state index < -0.39 is 6.10 Å². The van der Waals surface area contributed by atoms with E-state index in [1.54, 1.807) is 0 Å². The van der Waals surface area contributed by atoms with Crippen molar-refractivity contribution in [2.45, 2.75) is 193 Å². The number of allylic oxidation sites excluding steroid dienone is 10. The highest BCUT2D eigenvalue weighted by Gasteiger charge is 2.13. The Morgan fingerprint density at radius 3 is 1.40 bits per heavy atom. The highest BCUT2D eigenvalue weighted by molar-refractivity contribution is 5.69. The van der Waals surface area contributed by atoms with Crippen LogP contribution in [0.2, 0.25) is 0 Å². The summed E-state index contributed by atoms with van der Waals surface area (Å²) in [5, 5.41) is 9.58. The smallest absolute Gasteiger partial charge is 0.306 e. The maximum absolute atomic E-state index is 12.2. The molecule has 0 aromatic carbocycles. The molecule has 0 amide bonds. The number of ether oxygens (including phenoxy) is 2. The molecule has 48 heavy (non-hydrogen) atoms. The molecule has 0 saturated carbocycles. The third-order valence-electron chi connectivity index (χ3n) is 8.61. The van der Waals surface area contributed by atoms with Crippen molar-refractivity contribution in [3.8, 4) is 0 Å². The lowest BCUT2D eigenvalue weighted by Crippen LogP contribution is -2.27. The van der Waals surface area contributed by atoms with E-state index in [2.05, 4.69) is 74.6 Å². The van der Waals surface area contributed by atoms with Crippen molar-refractivity contribution in [2.75, 3.05) is 19.8 Å². The molecule has 1 N–H and O–H groups in total. The zero-order valence-electron chi connectivity index (χ0n) is 31.7. The van der Waals surface area contributed by atoms with E-state index in [1.165, 1.54) is 103 Å². The average Bonchev–Trinajstić information content (AvgIpc) is 3.09. The summed E-state index contributed by atoms with van der Waals surface area (Å²) >= 11 is 0. The Hall–Kier alpha value is -1.91. The summed E-state index contributed by atoms with van der Waals surface area (Å²) in [6.45, 7) is 5.21. The van der Waals surface area contributed by atoms with Crippen LogP contribution in [-0.4, -0.2) is 37.0 Å². The molecule has 0 aromatic heterocycles. The average molecular weight is 671 g/mol. The van der Waals surface area contributed by atoms with Gasteiger partial charge in [0.25, 0.3) is 0 Å². The van der Waals surface area contributed by atoms with Crippen LogP contribution in [-0.2, 0) is 14.3 Å². The van der Waals surface area contributed by atoms with Crippen molar-refractivity contribution < 1.29 is 19.4 Å². The van der Waals surface area contributed by atoms with E-state index >= 15 is 0 Å².